The smallest absolute Gasteiger partial charge is 0.0621 e. The molecule has 0 aliphatic rings. The fourth-order valence-corrected chi connectivity index (χ4v) is 1.43. The van der Waals surface area contributed by atoms with Crippen LogP contribution in [0.3, 0.4) is 0 Å². The summed E-state index contributed by atoms with van der Waals surface area (Å²) in [5, 5.41) is 15.9. The number of unbranched alkanes of at least 4 members (excludes halogenated alkanes) is 2. The van der Waals surface area contributed by atoms with Crippen molar-refractivity contribution in [3.8, 4) is 6.07 Å². The monoisotopic (exact) mass is 206 g/mol. The first-order chi connectivity index (χ1) is 7.33. The average Bonchev–Trinajstić information content (AvgIpc) is 2.70. The summed E-state index contributed by atoms with van der Waals surface area (Å²) < 4.78 is 1.92. The predicted molar refractivity (Wildman–Crippen MR) is 59.2 cm³/mol. The van der Waals surface area contributed by atoms with Crippen molar-refractivity contribution in [3.63, 3.8) is 0 Å². The third-order valence-corrected chi connectivity index (χ3v) is 2.23. The minimum Gasteiger partial charge on any atom is -0.312 e. The predicted octanol–water partition coefficient (Wildman–Crippen LogP) is 1.56. The van der Waals surface area contributed by atoms with Crippen LogP contribution in [0, 0.1) is 11.3 Å². The Hall–Kier alpha value is -1.34. The minimum absolute atomic E-state index is 0.423. The Kier molecular flexibility index (Phi) is 5.49. The van der Waals surface area contributed by atoms with Gasteiger partial charge in [-0.1, -0.05) is 0 Å². The van der Waals surface area contributed by atoms with Crippen molar-refractivity contribution >= 4 is 0 Å². The molecule has 1 aromatic rings. The van der Waals surface area contributed by atoms with Gasteiger partial charge in [-0.15, -0.1) is 0 Å². The van der Waals surface area contributed by atoms with Crippen LogP contribution in [0.25, 0.3) is 0 Å². The summed E-state index contributed by atoms with van der Waals surface area (Å²) in [7, 11) is 0. The van der Waals surface area contributed by atoms with Crippen LogP contribution in [-0.2, 0) is 6.54 Å². The maximum absolute atomic E-state index is 8.36. The first-order valence-electron chi connectivity index (χ1n) is 5.40. The van der Waals surface area contributed by atoms with Gasteiger partial charge in [0.05, 0.1) is 12.6 Å². The van der Waals surface area contributed by atoms with Crippen molar-refractivity contribution in [2.45, 2.75) is 38.8 Å². The minimum atomic E-state index is 0.423. The van der Waals surface area contributed by atoms with Crippen LogP contribution in [0.5, 0.6) is 0 Å². The molecule has 0 bridgehead atoms. The highest BCUT2D eigenvalue weighted by atomic mass is 15.3. The Labute approximate surface area is 90.9 Å². The Balaban J connectivity index is 2.04. The molecule has 1 N–H and O–H groups in total. The number of nitrogens with zero attached hydrogens (tertiary/aromatic N) is 3. The van der Waals surface area contributed by atoms with Gasteiger partial charge in [0.1, 0.15) is 0 Å². The molecule has 0 saturated heterocycles. The molecule has 0 spiro atoms. The quantitative estimate of drug-likeness (QED) is 0.689. The molecule has 82 valence electrons. The Morgan fingerprint density at radius 3 is 3.07 bits per heavy atom. The van der Waals surface area contributed by atoms with E-state index < -0.39 is 0 Å². The molecule has 1 aromatic heterocycles. The summed E-state index contributed by atoms with van der Waals surface area (Å²) in [6.07, 6.45) is 6.47. The van der Waals surface area contributed by atoms with Crippen molar-refractivity contribution in [1.82, 2.24) is 15.1 Å². The zero-order valence-corrected chi connectivity index (χ0v) is 9.19. The van der Waals surface area contributed by atoms with Crippen LogP contribution in [0.2, 0.25) is 0 Å². The van der Waals surface area contributed by atoms with Crippen molar-refractivity contribution in [3.05, 3.63) is 18.5 Å². The highest BCUT2D eigenvalue weighted by molar-refractivity contribution is 4.79. The van der Waals surface area contributed by atoms with Gasteiger partial charge < -0.3 is 5.32 Å². The second kappa shape index (κ2) is 7.02. The summed E-state index contributed by atoms with van der Waals surface area (Å²) in [6, 6.07) is 4.50. The van der Waals surface area contributed by atoms with Crippen LogP contribution in [0.4, 0.5) is 0 Å². The summed E-state index contributed by atoms with van der Waals surface area (Å²) in [5.74, 6) is 0. The number of rotatable bonds is 7. The van der Waals surface area contributed by atoms with Gasteiger partial charge in [0, 0.05) is 24.9 Å². The van der Waals surface area contributed by atoms with E-state index >= 15 is 0 Å². The van der Waals surface area contributed by atoms with E-state index in [1.54, 1.807) is 6.20 Å². The molecule has 0 saturated carbocycles. The van der Waals surface area contributed by atoms with E-state index in [1.807, 2.05) is 16.9 Å². The highest BCUT2D eigenvalue weighted by Crippen LogP contribution is 1.94. The number of nitriles is 1. The summed E-state index contributed by atoms with van der Waals surface area (Å²) >= 11 is 0. The molecule has 1 atom stereocenters. The van der Waals surface area contributed by atoms with Crippen LogP contribution >= 0.6 is 0 Å². The lowest BCUT2D eigenvalue weighted by Crippen LogP contribution is -2.31. The van der Waals surface area contributed by atoms with Gasteiger partial charge in [0.15, 0.2) is 0 Å². The number of aromatic nitrogens is 2. The fraction of sp³-hybridized carbons (Fsp3) is 0.636. The molecular formula is C11H18N4. The molecule has 0 amide bonds. The first-order valence-corrected chi connectivity index (χ1v) is 5.40. The van der Waals surface area contributed by atoms with Gasteiger partial charge in [0.25, 0.3) is 0 Å². The molecule has 1 rings (SSSR count). The number of hydrogen-bond donors (Lipinski definition) is 1. The molecule has 4 heteroatoms. The average molecular weight is 206 g/mol. The van der Waals surface area contributed by atoms with Crippen LogP contribution in [-0.4, -0.2) is 22.4 Å². The van der Waals surface area contributed by atoms with Gasteiger partial charge >= 0.3 is 0 Å². The lowest BCUT2D eigenvalue weighted by molar-refractivity contribution is 0.446. The van der Waals surface area contributed by atoms with Gasteiger partial charge in [-0.05, 0) is 32.4 Å². The van der Waals surface area contributed by atoms with Gasteiger partial charge in [-0.25, -0.2) is 0 Å². The zero-order valence-electron chi connectivity index (χ0n) is 9.19. The van der Waals surface area contributed by atoms with Gasteiger partial charge in [0.2, 0.25) is 0 Å². The van der Waals surface area contributed by atoms with Crippen LogP contribution in [0.15, 0.2) is 18.5 Å². The van der Waals surface area contributed by atoms with Gasteiger partial charge in [-0.2, -0.15) is 10.4 Å². The molecule has 0 aliphatic heterocycles. The molecule has 4 nitrogen and oxygen atoms in total. The fourth-order valence-electron chi connectivity index (χ4n) is 1.43. The third kappa shape index (κ3) is 5.18. The number of nitrogens with one attached hydrogen (secondary N) is 1. The molecule has 0 aromatic carbocycles. The van der Waals surface area contributed by atoms with E-state index in [2.05, 4.69) is 23.4 Å². The second-order valence-corrected chi connectivity index (χ2v) is 3.70. The lowest BCUT2D eigenvalue weighted by Gasteiger charge is -2.13. The molecule has 0 fully saturated rings. The van der Waals surface area contributed by atoms with Crippen LogP contribution in [0.1, 0.15) is 26.2 Å². The normalized spacial score (nSPS) is 12.3. The van der Waals surface area contributed by atoms with E-state index in [4.69, 9.17) is 5.26 Å². The Morgan fingerprint density at radius 2 is 2.40 bits per heavy atom. The topological polar surface area (TPSA) is 53.6 Å². The van der Waals surface area contributed by atoms with Crippen molar-refractivity contribution in [2.75, 3.05) is 6.54 Å². The summed E-state index contributed by atoms with van der Waals surface area (Å²) in [6.45, 7) is 4.02. The zero-order chi connectivity index (χ0) is 10.9. The first kappa shape index (κ1) is 11.7. The molecule has 0 radical (unpaired) electrons. The summed E-state index contributed by atoms with van der Waals surface area (Å²) in [5.41, 5.74) is 0. The molecule has 1 heterocycles. The summed E-state index contributed by atoms with van der Waals surface area (Å²) in [4.78, 5) is 0. The maximum atomic E-state index is 8.36. The van der Waals surface area contributed by atoms with E-state index in [0.29, 0.717) is 12.5 Å². The van der Waals surface area contributed by atoms with Gasteiger partial charge in [-0.3, -0.25) is 4.68 Å². The SMILES string of the molecule is C[C@H](Cn1cccn1)NCCCCC#N. The molecule has 15 heavy (non-hydrogen) atoms. The third-order valence-electron chi connectivity index (χ3n) is 2.23. The number of hydrogen-bond acceptors (Lipinski definition) is 3. The van der Waals surface area contributed by atoms with E-state index in [9.17, 15) is 0 Å². The van der Waals surface area contributed by atoms with E-state index in [-0.39, 0.29) is 0 Å². The van der Waals surface area contributed by atoms with Crippen molar-refractivity contribution < 1.29 is 0 Å². The van der Waals surface area contributed by atoms with Crippen molar-refractivity contribution in [1.29, 1.82) is 5.26 Å². The van der Waals surface area contributed by atoms with Crippen molar-refractivity contribution in [2.24, 2.45) is 0 Å². The molecule has 0 aliphatic carbocycles. The Morgan fingerprint density at radius 1 is 1.53 bits per heavy atom. The Bertz CT molecular complexity index is 286. The standard InChI is InChI=1S/C11H18N4/c1-11(10-15-9-5-8-14-15)13-7-4-2-3-6-12/h5,8-9,11,13H,2-4,7,10H2,1H3/t11-/m1/s1. The van der Waals surface area contributed by atoms with Crippen LogP contribution < -0.4 is 5.32 Å². The molecule has 0 unspecified atom stereocenters. The largest absolute Gasteiger partial charge is 0.312 e. The molecular weight excluding hydrogens is 188 g/mol. The maximum Gasteiger partial charge on any atom is 0.0621 e. The van der Waals surface area contributed by atoms with E-state index in [1.165, 1.54) is 0 Å². The highest BCUT2D eigenvalue weighted by Gasteiger charge is 2.01. The second-order valence-electron chi connectivity index (χ2n) is 3.70. The van der Waals surface area contributed by atoms with E-state index in [0.717, 1.165) is 25.9 Å². The lowest BCUT2D eigenvalue weighted by atomic mass is 10.2.